The average Bonchev–Trinajstić information content (AvgIpc) is 2.97. The van der Waals surface area contributed by atoms with Gasteiger partial charge in [0.2, 0.25) is 5.82 Å². The van der Waals surface area contributed by atoms with E-state index in [0.717, 1.165) is 11.1 Å². The molecule has 0 fully saturated rings. The predicted octanol–water partition coefficient (Wildman–Crippen LogP) is 3.51. The normalized spacial score (nSPS) is 10.6. The Morgan fingerprint density at radius 1 is 1.20 bits per heavy atom. The second kappa shape index (κ2) is 6.56. The monoisotopic (exact) mass is 337 g/mol. The summed E-state index contributed by atoms with van der Waals surface area (Å²) in [6.45, 7) is 2.16. The van der Waals surface area contributed by atoms with Crippen LogP contribution in [0.25, 0.3) is 11.1 Å². The molecule has 7 heteroatoms. The van der Waals surface area contributed by atoms with Gasteiger partial charge >= 0.3 is 11.8 Å². The molecular formula is C18H15N3O4. The van der Waals surface area contributed by atoms with Crippen LogP contribution >= 0.6 is 0 Å². The highest BCUT2D eigenvalue weighted by Crippen LogP contribution is 2.24. The second-order valence-corrected chi connectivity index (χ2v) is 5.58. The quantitative estimate of drug-likeness (QED) is 0.567. The zero-order valence-electron chi connectivity index (χ0n) is 13.4. The van der Waals surface area contributed by atoms with Gasteiger partial charge in [-0.25, -0.2) is 4.79 Å². The Bertz CT molecular complexity index is 945. The number of aromatic carboxylic acids is 1. The van der Waals surface area contributed by atoms with E-state index in [9.17, 15) is 20.0 Å². The van der Waals surface area contributed by atoms with Gasteiger partial charge in [0, 0.05) is 6.92 Å². The number of hydrogen-bond donors (Lipinski definition) is 1. The van der Waals surface area contributed by atoms with Crippen LogP contribution in [0.3, 0.4) is 0 Å². The lowest BCUT2D eigenvalue weighted by Gasteiger charge is -2.08. The molecule has 0 aliphatic carbocycles. The molecule has 3 rings (SSSR count). The number of carboxylic acids is 1. The number of benzene rings is 2. The van der Waals surface area contributed by atoms with E-state index in [0.29, 0.717) is 17.9 Å². The molecule has 0 unspecified atom stereocenters. The summed E-state index contributed by atoms with van der Waals surface area (Å²) >= 11 is 0. The lowest BCUT2D eigenvalue weighted by Crippen LogP contribution is -2.01. The zero-order chi connectivity index (χ0) is 18.0. The average molecular weight is 337 g/mol. The Morgan fingerprint density at radius 2 is 1.88 bits per heavy atom. The van der Waals surface area contributed by atoms with Gasteiger partial charge in [0.25, 0.3) is 0 Å². The summed E-state index contributed by atoms with van der Waals surface area (Å²) in [6, 6.07) is 14.3. The molecule has 0 aliphatic heterocycles. The summed E-state index contributed by atoms with van der Waals surface area (Å²) in [6.07, 6.45) is 1.41. The molecule has 2 aromatic carbocycles. The van der Waals surface area contributed by atoms with Gasteiger partial charge in [0.15, 0.2) is 0 Å². The third kappa shape index (κ3) is 3.40. The van der Waals surface area contributed by atoms with Crippen molar-refractivity contribution in [1.29, 1.82) is 0 Å². The van der Waals surface area contributed by atoms with Crippen molar-refractivity contribution in [1.82, 2.24) is 9.55 Å². The van der Waals surface area contributed by atoms with Crippen LogP contribution in [-0.2, 0) is 6.54 Å². The highest BCUT2D eigenvalue weighted by Gasteiger charge is 2.15. The van der Waals surface area contributed by atoms with E-state index in [1.54, 1.807) is 35.8 Å². The summed E-state index contributed by atoms with van der Waals surface area (Å²) in [5.41, 5.74) is 2.63. The molecule has 0 amide bonds. The molecule has 0 radical (unpaired) electrons. The summed E-state index contributed by atoms with van der Waals surface area (Å²) in [5, 5.41) is 20.1. The fourth-order valence-electron chi connectivity index (χ4n) is 2.65. The Hall–Kier alpha value is -3.48. The predicted molar refractivity (Wildman–Crippen MR) is 91.6 cm³/mol. The van der Waals surface area contributed by atoms with E-state index in [4.69, 9.17) is 0 Å². The summed E-state index contributed by atoms with van der Waals surface area (Å²) in [5.74, 6) is -0.586. The number of imidazole rings is 1. The molecule has 1 heterocycles. The van der Waals surface area contributed by atoms with Crippen molar-refractivity contribution in [2.24, 2.45) is 0 Å². The summed E-state index contributed by atoms with van der Waals surface area (Å²) in [4.78, 5) is 25.5. The summed E-state index contributed by atoms with van der Waals surface area (Å²) in [7, 11) is 0. The minimum Gasteiger partial charge on any atom is -0.478 e. The lowest BCUT2D eigenvalue weighted by atomic mass is 9.99. The van der Waals surface area contributed by atoms with Gasteiger partial charge in [0.1, 0.15) is 6.20 Å². The van der Waals surface area contributed by atoms with Gasteiger partial charge < -0.3 is 19.8 Å². The highest BCUT2D eigenvalue weighted by molar-refractivity contribution is 5.95. The first kappa shape index (κ1) is 16.4. The van der Waals surface area contributed by atoms with Crippen LogP contribution in [0.2, 0.25) is 0 Å². The minimum atomic E-state index is -0.971. The number of hydrogen-bond acceptors (Lipinski definition) is 4. The van der Waals surface area contributed by atoms with Gasteiger partial charge in [0.05, 0.1) is 12.1 Å². The van der Waals surface area contributed by atoms with E-state index in [2.05, 4.69) is 4.98 Å². The number of nitro groups is 1. The van der Waals surface area contributed by atoms with E-state index in [1.807, 2.05) is 24.3 Å². The van der Waals surface area contributed by atoms with Gasteiger partial charge in [-0.1, -0.05) is 42.5 Å². The lowest BCUT2D eigenvalue weighted by molar-refractivity contribution is -0.389. The number of aryl methyl sites for hydroxylation is 1. The number of aromatic nitrogens is 2. The number of nitrogens with zero attached hydrogens (tertiary/aromatic N) is 3. The van der Waals surface area contributed by atoms with Crippen LogP contribution in [0.15, 0.2) is 54.7 Å². The molecule has 0 saturated heterocycles. The largest absolute Gasteiger partial charge is 0.478 e. The first-order chi connectivity index (χ1) is 12.0. The van der Waals surface area contributed by atoms with Crippen molar-refractivity contribution < 1.29 is 14.8 Å². The topological polar surface area (TPSA) is 98.3 Å². The molecule has 3 aromatic rings. The molecule has 0 spiro atoms. The third-order valence-corrected chi connectivity index (χ3v) is 3.93. The van der Waals surface area contributed by atoms with Crippen LogP contribution in [0.5, 0.6) is 0 Å². The molecule has 126 valence electrons. The maximum Gasteiger partial charge on any atom is 0.381 e. The van der Waals surface area contributed by atoms with Crippen molar-refractivity contribution >= 4 is 11.8 Å². The molecular weight excluding hydrogens is 322 g/mol. The smallest absolute Gasteiger partial charge is 0.381 e. The van der Waals surface area contributed by atoms with Crippen LogP contribution in [-0.4, -0.2) is 25.6 Å². The van der Waals surface area contributed by atoms with Crippen molar-refractivity contribution in [3.05, 3.63) is 81.8 Å². The Balaban J connectivity index is 1.86. The van der Waals surface area contributed by atoms with E-state index in [1.165, 1.54) is 6.20 Å². The van der Waals surface area contributed by atoms with Gasteiger partial charge in [-0.05, 0) is 32.7 Å². The first-order valence-corrected chi connectivity index (χ1v) is 7.55. The zero-order valence-corrected chi connectivity index (χ0v) is 13.4. The first-order valence-electron chi connectivity index (χ1n) is 7.55. The van der Waals surface area contributed by atoms with Gasteiger partial charge in [-0.2, -0.15) is 0 Å². The minimum absolute atomic E-state index is 0.176. The van der Waals surface area contributed by atoms with Gasteiger partial charge in [-0.3, -0.25) is 0 Å². The maximum atomic E-state index is 11.3. The van der Waals surface area contributed by atoms with E-state index < -0.39 is 10.9 Å². The van der Waals surface area contributed by atoms with Crippen LogP contribution < -0.4 is 0 Å². The molecule has 7 nitrogen and oxygen atoms in total. The van der Waals surface area contributed by atoms with E-state index in [-0.39, 0.29) is 11.4 Å². The highest BCUT2D eigenvalue weighted by atomic mass is 16.6. The van der Waals surface area contributed by atoms with Crippen LogP contribution in [0, 0.1) is 17.0 Å². The number of carboxylic acid groups (broad SMARTS) is 1. The van der Waals surface area contributed by atoms with Crippen molar-refractivity contribution in [2.75, 3.05) is 0 Å². The maximum absolute atomic E-state index is 11.3. The van der Waals surface area contributed by atoms with E-state index >= 15 is 0 Å². The SMILES string of the molecule is Cc1nc([N+](=O)[O-])cn1Cc1ccc(-c2ccccc2C(=O)O)cc1. The Morgan fingerprint density at radius 3 is 2.48 bits per heavy atom. The fraction of sp³-hybridized carbons (Fsp3) is 0.111. The fourth-order valence-corrected chi connectivity index (χ4v) is 2.65. The Labute approximate surface area is 143 Å². The third-order valence-electron chi connectivity index (χ3n) is 3.93. The van der Waals surface area contributed by atoms with Crippen molar-refractivity contribution in [3.8, 4) is 11.1 Å². The van der Waals surface area contributed by atoms with Gasteiger partial charge in [-0.15, -0.1) is 0 Å². The Kier molecular flexibility index (Phi) is 4.30. The molecule has 0 bridgehead atoms. The van der Waals surface area contributed by atoms with Crippen LogP contribution in [0.4, 0.5) is 5.82 Å². The van der Waals surface area contributed by atoms with Crippen LogP contribution in [0.1, 0.15) is 21.7 Å². The molecule has 25 heavy (non-hydrogen) atoms. The number of carbonyl (C=O) groups is 1. The molecule has 0 atom stereocenters. The molecule has 1 aromatic heterocycles. The number of rotatable bonds is 5. The summed E-state index contributed by atoms with van der Waals surface area (Å²) < 4.78 is 1.71. The molecule has 1 N–H and O–H groups in total. The second-order valence-electron chi connectivity index (χ2n) is 5.58. The van der Waals surface area contributed by atoms with Crippen molar-refractivity contribution in [2.45, 2.75) is 13.5 Å². The molecule has 0 saturated carbocycles. The van der Waals surface area contributed by atoms with Crippen molar-refractivity contribution in [3.63, 3.8) is 0 Å². The molecule has 0 aliphatic rings. The standard InChI is InChI=1S/C18H15N3O4/c1-12-19-17(21(24)25)11-20(12)10-13-6-8-14(9-7-13)15-4-2-3-5-16(15)18(22)23/h2-9,11H,10H2,1H3,(H,22,23).